The molecular formula is C12H13IO. The first-order valence-electron chi connectivity index (χ1n) is 4.50. The van der Waals surface area contributed by atoms with Gasteiger partial charge in [0.1, 0.15) is 0 Å². The fourth-order valence-corrected chi connectivity index (χ4v) is 1.54. The van der Waals surface area contributed by atoms with E-state index in [4.69, 9.17) is 0 Å². The van der Waals surface area contributed by atoms with Gasteiger partial charge in [0.2, 0.25) is 0 Å². The van der Waals surface area contributed by atoms with Crippen LogP contribution in [-0.4, -0.2) is 5.78 Å². The van der Waals surface area contributed by atoms with E-state index in [0.29, 0.717) is 6.42 Å². The molecule has 74 valence electrons. The van der Waals surface area contributed by atoms with Crippen molar-refractivity contribution in [3.63, 3.8) is 0 Å². The van der Waals surface area contributed by atoms with Crippen LogP contribution < -0.4 is 0 Å². The fraction of sp³-hybridized carbons (Fsp3) is 0.250. The molecule has 1 aromatic carbocycles. The van der Waals surface area contributed by atoms with Crippen molar-refractivity contribution in [1.82, 2.24) is 0 Å². The zero-order valence-electron chi connectivity index (χ0n) is 8.38. The minimum atomic E-state index is 0.172. The number of rotatable bonds is 3. The summed E-state index contributed by atoms with van der Waals surface area (Å²) in [5, 5.41) is 0. The van der Waals surface area contributed by atoms with Crippen molar-refractivity contribution >= 4 is 28.4 Å². The average Bonchev–Trinajstić information content (AvgIpc) is 2.07. The molecule has 0 N–H and O–H groups in total. The Kier molecular flexibility index (Phi) is 4.32. The Bertz CT molecular complexity index is 345. The summed E-state index contributed by atoms with van der Waals surface area (Å²) in [6.07, 6.45) is 2.19. The molecule has 0 spiro atoms. The van der Waals surface area contributed by atoms with E-state index in [2.05, 4.69) is 22.6 Å². The third-order valence-electron chi connectivity index (χ3n) is 1.74. The number of hydrogen-bond acceptors (Lipinski definition) is 1. The maximum atomic E-state index is 11.4. The number of carbonyl (C=O) groups is 1. The normalized spacial score (nSPS) is 9.64. The van der Waals surface area contributed by atoms with Gasteiger partial charge in [0.05, 0.1) is 0 Å². The van der Waals surface area contributed by atoms with Gasteiger partial charge >= 0.3 is 0 Å². The van der Waals surface area contributed by atoms with Gasteiger partial charge in [0.25, 0.3) is 0 Å². The molecular weight excluding hydrogens is 287 g/mol. The smallest absolute Gasteiger partial charge is 0.159 e. The Morgan fingerprint density at radius 2 is 1.86 bits per heavy atom. The fourth-order valence-electron chi connectivity index (χ4n) is 1.18. The van der Waals surface area contributed by atoms with Gasteiger partial charge in [0.15, 0.2) is 5.78 Å². The second-order valence-corrected chi connectivity index (χ2v) is 4.74. The molecule has 0 bridgehead atoms. The molecule has 0 aliphatic heterocycles. The van der Waals surface area contributed by atoms with Crippen LogP contribution in [-0.2, 0) is 11.2 Å². The average molecular weight is 300 g/mol. The van der Waals surface area contributed by atoms with E-state index in [1.165, 1.54) is 3.57 Å². The lowest BCUT2D eigenvalue weighted by molar-refractivity contribution is -0.114. The van der Waals surface area contributed by atoms with Crippen LogP contribution in [0.2, 0.25) is 0 Å². The summed E-state index contributed by atoms with van der Waals surface area (Å²) in [4.78, 5) is 11.4. The summed E-state index contributed by atoms with van der Waals surface area (Å²) in [6, 6.07) is 8.04. The van der Waals surface area contributed by atoms with E-state index in [1.807, 2.05) is 38.1 Å². The summed E-state index contributed by atoms with van der Waals surface area (Å²) in [5.74, 6) is 0.172. The van der Waals surface area contributed by atoms with Crippen molar-refractivity contribution in [2.75, 3.05) is 0 Å². The molecule has 1 aromatic rings. The summed E-state index contributed by atoms with van der Waals surface area (Å²) >= 11 is 2.25. The first-order valence-corrected chi connectivity index (χ1v) is 5.58. The molecule has 0 aliphatic rings. The Labute approximate surface area is 98.4 Å². The molecule has 0 saturated carbocycles. The van der Waals surface area contributed by atoms with Gasteiger partial charge in [-0.2, -0.15) is 0 Å². The molecule has 0 aromatic heterocycles. The number of halogens is 1. The molecule has 0 fully saturated rings. The van der Waals surface area contributed by atoms with Gasteiger partial charge < -0.3 is 0 Å². The molecule has 2 heteroatoms. The first kappa shape index (κ1) is 11.4. The van der Waals surface area contributed by atoms with Crippen molar-refractivity contribution in [1.29, 1.82) is 0 Å². The highest BCUT2D eigenvalue weighted by atomic mass is 127. The highest BCUT2D eigenvalue weighted by molar-refractivity contribution is 14.1. The van der Waals surface area contributed by atoms with Crippen LogP contribution in [0, 0.1) is 3.57 Å². The number of hydrogen-bond donors (Lipinski definition) is 0. The second kappa shape index (κ2) is 5.29. The van der Waals surface area contributed by atoms with Gasteiger partial charge in [-0.15, -0.1) is 0 Å². The molecule has 1 nitrogen and oxygen atoms in total. The van der Waals surface area contributed by atoms with Crippen LogP contribution in [0.5, 0.6) is 0 Å². The highest BCUT2D eigenvalue weighted by Crippen LogP contribution is 2.08. The number of ketones is 1. The van der Waals surface area contributed by atoms with E-state index in [-0.39, 0.29) is 5.78 Å². The third-order valence-corrected chi connectivity index (χ3v) is 2.46. The molecule has 0 atom stereocenters. The Morgan fingerprint density at radius 1 is 1.29 bits per heavy atom. The predicted molar refractivity (Wildman–Crippen MR) is 67.3 cm³/mol. The van der Waals surface area contributed by atoms with Crippen molar-refractivity contribution < 1.29 is 4.79 Å². The standard InChI is InChI=1S/C12H13IO/c1-9(2)7-12(14)8-10-3-5-11(13)6-4-10/h3-7H,8H2,1-2H3. The lowest BCUT2D eigenvalue weighted by atomic mass is 10.1. The van der Waals surface area contributed by atoms with Crippen molar-refractivity contribution in [3.8, 4) is 0 Å². The Balaban J connectivity index is 2.66. The number of benzene rings is 1. The van der Waals surface area contributed by atoms with Crippen LogP contribution in [0.15, 0.2) is 35.9 Å². The molecule has 1 rings (SSSR count). The lowest BCUT2D eigenvalue weighted by Gasteiger charge is -1.98. The summed E-state index contributed by atoms with van der Waals surface area (Å²) in [7, 11) is 0. The van der Waals surface area contributed by atoms with Crippen molar-refractivity contribution in [3.05, 3.63) is 45.0 Å². The molecule has 0 saturated heterocycles. The quantitative estimate of drug-likeness (QED) is 0.618. The van der Waals surface area contributed by atoms with Crippen LogP contribution in [0.4, 0.5) is 0 Å². The van der Waals surface area contributed by atoms with Crippen LogP contribution in [0.1, 0.15) is 19.4 Å². The zero-order valence-corrected chi connectivity index (χ0v) is 10.5. The van der Waals surface area contributed by atoms with Crippen LogP contribution >= 0.6 is 22.6 Å². The minimum absolute atomic E-state index is 0.172. The lowest BCUT2D eigenvalue weighted by Crippen LogP contribution is -1.98. The predicted octanol–water partition coefficient (Wildman–Crippen LogP) is 3.37. The number of allylic oxidation sites excluding steroid dienone is 2. The van der Waals surface area contributed by atoms with E-state index in [9.17, 15) is 4.79 Å². The van der Waals surface area contributed by atoms with Gasteiger partial charge in [-0.1, -0.05) is 17.7 Å². The van der Waals surface area contributed by atoms with Crippen LogP contribution in [0.25, 0.3) is 0 Å². The van der Waals surface area contributed by atoms with Gasteiger partial charge in [0, 0.05) is 9.99 Å². The van der Waals surface area contributed by atoms with Gasteiger partial charge in [-0.25, -0.2) is 0 Å². The summed E-state index contributed by atoms with van der Waals surface area (Å²) in [6.45, 7) is 3.87. The maximum Gasteiger partial charge on any atom is 0.159 e. The van der Waals surface area contributed by atoms with Gasteiger partial charge in [-0.3, -0.25) is 4.79 Å². The molecule has 0 aliphatic carbocycles. The minimum Gasteiger partial charge on any atom is -0.294 e. The Hall–Kier alpha value is -0.640. The first-order chi connectivity index (χ1) is 6.58. The molecule has 0 radical (unpaired) electrons. The summed E-state index contributed by atoms with van der Waals surface area (Å²) in [5.41, 5.74) is 2.13. The van der Waals surface area contributed by atoms with Crippen molar-refractivity contribution in [2.45, 2.75) is 20.3 Å². The Morgan fingerprint density at radius 3 is 2.36 bits per heavy atom. The van der Waals surface area contributed by atoms with Crippen LogP contribution in [0.3, 0.4) is 0 Å². The second-order valence-electron chi connectivity index (χ2n) is 3.49. The van der Waals surface area contributed by atoms with E-state index in [0.717, 1.165) is 11.1 Å². The van der Waals surface area contributed by atoms with E-state index < -0.39 is 0 Å². The highest BCUT2D eigenvalue weighted by Gasteiger charge is 1.99. The summed E-state index contributed by atoms with van der Waals surface area (Å²) < 4.78 is 1.20. The van der Waals surface area contributed by atoms with E-state index >= 15 is 0 Å². The SMILES string of the molecule is CC(C)=CC(=O)Cc1ccc(I)cc1. The zero-order chi connectivity index (χ0) is 10.6. The maximum absolute atomic E-state index is 11.4. The van der Waals surface area contributed by atoms with Crippen molar-refractivity contribution in [2.24, 2.45) is 0 Å². The van der Waals surface area contributed by atoms with Gasteiger partial charge in [-0.05, 0) is 60.2 Å². The molecule has 0 heterocycles. The third kappa shape index (κ3) is 4.05. The topological polar surface area (TPSA) is 17.1 Å². The monoisotopic (exact) mass is 300 g/mol. The molecule has 14 heavy (non-hydrogen) atoms. The number of carbonyl (C=O) groups excluding carboxylic acids is 1. The largest absolute Gasteiger partial charge is 0.294 e. The molecule has 0 unspecified atom stereocenters. The van der Waals surface area contributed by atoms with E-state index in [1.54, 1.807) is 6.08 Å². The molecule has 0 amide bonds.